The van der Waals surface area contributed by atoms with Gasteiger partial charge in [0.25, 0.3) is 5.91 Å². The zero-order valence-electron chi connectivity index (χ0n) is 22.8. The van der Waals surface area contributed by atoms with E-state index >= 15 is 0 Å². The normalized spacial score (nSPS) is 14.2. The monoisotopic (exact) mass is 554 g/mol. The number of ether oxygens (including phenoxy) is 2. The lowest BCUT2D eigenvalue weighted by Crippen LogP contribution is -2.42. The Bertz CT molecular complexity index is 1330. The molecule has 212 valence electrons. The molecule has 1 aliphatic rings. The van der Waals surface area contributed by atoms with Crippen molar-refractivity contribution >= 4 is 17.5 Å². The molecule has 3 aromatic carbocycles. The van der Waals surface area contributed by atoms with E-state index in [1.165, 1.54) is 24.3 Å². The van der Waals surface area contributed by atoms with Crippen LogP contribution in [0.25, 0.3) is 11.1 Å². The summed E-state index contributed by atoms with van der Waals surface area (Å²) in [5.41, 5.74) is 2.94. The number of alkyl halides is 3. The van der Waals surface area contributed by atoms with Gasteiger partial charge in [-0.3, -0.25) is 9.59 Å². The molecule has 0 bridgehead atoms. The fourth-order valence-electron chi connectivity index (χ4n) is 4.80. The smallest absolute Gasteiger partial charge is 0.490 e. The average Bonchev–Trinajstić information content (AvgIpc) is 2.88. The molecule has 4 rings (SSSR count). The van der Waals surface area contributed by atoms with Crippen LogP contribution in [0.1, 0.15) is 49.0 Å². The van der Waals surface area contributed by atoms with Crippen molar-refractivity contribution in [3.63, 3.8) is 0 Å². The predicted molar refractivity (Wildman–Crippen MR) is 147 cm³/mol. The fourth-order valence-corrected chi connectivity index (χ4v) is 4.80. The SMILES string of the molecule is Cc1cccc(C(=O)Nc2cccc(OC3CCN(C(=O)CC(C)C)CC3)c2)c1-c1ccc(OC(F)(F)F)cc1. The van der Waals surface area contributed by atoms with Crippen LogP contribution in [-0.2, 0) is 4.79 Å². The Hall–Kier alpha value is -4.01. The lowest BCUT2D eigenvalue weighted by molar-refractivity contribution is -0.274. The fraction of sp³-hybridized carbons (Fsp3) is 0.355. The highest BCUT2D eigenvalue weighted by atomic mass is 19.4. The van der Waals surface area contributed by atoms with Crippen LogP contribution in [0.3, 0.4) is 0 Å². The van der Waals surface area contributed by atoms with Crippen LogP contribution in [0.5, 0.6) is 11.5 Å². The van der Waals surface area contributed by atoms with E-state index in [4.69, 9.17) is 4.74 Å². The van der Waals surface area contributed by atoms with Gasteiger partial charge in [0, 0.05) is 49.7 Å². The summed E-state index contributed by atoms with van der Waals surface area (Å²) in [6.45, 7) is 7.22. The number of rotatable bonds is 8. The predicted octanol–water partition coefficient (Wildman–Crippen LogP) is 7.23. The van der Waals surface area contributed by atoms with Crippen LogP contribution in [0, 0.1) is 12.8 Å². The number of aryl methyl sites for hydroxylation is 1. The third-order valence-corrected chi connectivity index (χ3v) is 6.67. The second kappa shape index (κ2) is 12.4. The van der Waals surface area contributed by atoms with Gasteiger partial charge in [-0.05, 0) is 59.9 Å². The molecule has 1 fully saturated rings. The molecule has 1 N–H and O–H groups in total. The van der Waals surface area contributed by atoms with Gasteiger partial charge in [0.1, 0.15) is 17.6 Å². The molecule has 0 saturated carbocycles. The van der Waals surface area contributed by atoms with E-state index in [2.05, 4.69) is 10.1 Å². The standard InChI is InChI=1S/C31H33F3N2O4/c1-20(2)18-28(37)36-16-14-24(15-17-36)39-26-8-5-7-23(19-26)35-30(38)27-9-4-6-21(3)29(27)22-10-12-25(13-11-22)40-31(32,33)34/h4-13,19-20,24H,14-18H2,1-3H3,(H,35,38). The molecule has 1 aliphatic heterocycles. The van der Waals surface area contributed by atoms with E-state index in [9.17, 15) is 22.8 Å². The Morgan fingerprint density at radius 3 is 2.30 bits per heavy atom. The Morgan fingerprint density at radius 2 is 1.65 bits per heavy atom. The number of likely N-dealkylation sites (tertiary alicyclic amines) is 1. The molecule has 6 nitrogen and oxygen atoms in total. The number of amides is 2. The van der Waals surface area contributed by atoms with Gasteiger partial charge in [0.2, 0.25) is 5.91 Å². The number of carbonyl (C=O) groups is 2. The van der Waals surface area contributed by atoms with Crippen LogP contribution in [-0.4, -0.2) is 42.3 Å². The minimum Gasteiger partial charge on any atom is -0.490 e. The Kier molecular flexibility index (Phi) is 9.02. The van der Waals surface area contributed by atoms with Crippen LogP contribution >= 0.6 is 0 Å². The number of hydrogen-bond donors (Lipinski definition) is 1. The number of nitrogens with one attached hydrogen (secondary N) is 1. The number of anilines is 1. The number of nitrogens with zero attached hydrogens (tertiary/aromatic N) is 1. The van der Waals surface area contributed by atoms with Crippen molar-refractivity contribution in [2.24, 2.45) is 5.92 Å². The van der Waals surface area contributed by atoms with Crippen molar-refractivity contribution in [1.82, 2.24) is 4.90 Å². The molecule has 2 amide bonds. The minimum absolute atomic E-state index is 0.0262. The van der Waals surface area contributed by atoms with Crippen molar-refractivity contribution in [2.45, 2.75) is 52.5 Å². The van der Waals surface area contributed by atoms with Gasteiger partial charge < -0.3 is 19.7 Å². The van der Waals surface area contributed by atoms with Gasteiger partial charge in [0.05, 0.1) is 0 Å². The zero-order chi connectivity index (χ0) is 28.9. The molecule has 0 aromatic heterocycles. The van der Waals surface area contributed by atoms with Crippen molar-refractivity contribution < 1.29 is 32.2 Å². The van der Waals surface area contributed by atoms with Crippen LogP contribution < -0.4 is 14.8 Å². The molecule has 0 spiro atoms. The number of carbonyl (C=O) groups excluding carboxylic acids is 2. The minimum atomic E-state index is -4.78. The summed E-state index contributed by atoms with van der Waals surface area (Å²) in [4.78, 5) is 27.6. The van der Waals surface area contributed by atoms with Gasteiger partial charge in [-0.2, -0.15) is 0 Å². The molecular weight excluding hydrogens is 521 g/mol. The van der Waals surface area contributed by atoms with Gasteiger partial charge in [-0.25, -0.2) is 0 Å². The maximum atomic E-state index is 13.3. The number of halogens is 3. The Balaban J connectivity index is 1.42. The first-order valence-corrected chi connectivity index (χ1v) is 13.3. The molecule has 0 atom stereocenters. The third kappa shape index (κ3) is 7.77. The van der Waals surface area contributed by atoms with E-state index in [-0.39, 0.29) is 23.7 Å². The molecule has 40 heavy (non-hydrogen) atoms. The highest BCUT2D eigenvalue weighted by Crippen LogP contribution is 2.32. The number of hydrogen-bond acceptors (Lipinski definition) is 4. The molecule has 1 saturated heterocycles. The summed E-state index contributed by atoms with van der Waals surface area (Å²) in [7, 11) is 0. The van der Waals surface area contributed by atoms with E-state index in [0.29, 0.717) is 53.6 Å². The van der Waals surface area contributed by atoms with E-state index in [0.717, 1.165) is 18.4 Å². The van der Waals surface area contributed by atoms with E-state index in [1.807, 2.05) is 37.8 Å². The summed E-state index contributed by atoms with van der Waals surface area (Å²) in [6.07, 6.45) is -2.79. The highest BCUT2D eigenvalue weighted by molar-refractivity contribution is 6.09. The van der Waals surface area contributed by atoms with E-state index in [1.54, 1.807) is 30.3 Å². The highest BCUT2D eigenvalue weighted by Gasteiger charge is 2.31. The van der Waals surface area contributed by atoms with Crippen molar-refractivity contribution in [1.29, 1.82) is 0 Å². The molecule has 0 unspecified atom stereocenters. The number of benzene rings is 3. The maximum Gasteiger partial charge on any atom is 0.573 e. The molecule has 9 heteroatoms. The Labute approximate surface area is 232 Å². The van der Waals surface area contributed by atoms with Gasteiger partial charge in [0.15, 0.2) is 0 Å². The Morgan fingerprint density at radius 1 is 0.975 bits per heavy atom. The first-order chi connectivity index (χ1) is 19.0. The molecule has 0 aliphatic carbocycles. The molecule has 3 aromatic rings. The lowest BCUT2D eigenvalue weighted by Gasteiger charge is -2.32. The number of piperidine rings is 1. The summed E-state index contributed by atoms with van der Waals surface area (Å²) in [5, 5.41) is 2.91. The van der Waals surface area contributed by atoms with Gasteiger partial charge in [-0.15, -0.1) is 13.2 Å². The molecule has 0 radical (unpaired) electrons. The maximum absolute atomic E-state index is 13.3. The van der Waals surface area contributed by atoms with E-state index < -0.39 is 6.36 Å². The summed E-state index contributed by atoms with van der Waals surface area (Å²) in [6, 6.07) is 17.8. The lowest BCUT2D eigenvalue weighted by atomic mass is 9.94. The zero-order valence-corrected chi connectivity index (χ0v) is 22.8. The molecule has 1 heterocycles. The third-order valence-electron chi connectivity index (χ3n) is 6.67. The first-order valence-electron chi connectivity index (χ1n) is 13.3. The largest absolute Gasteiger partial charge is 0.573 e. The van der Waals surface area contributed by atoms with Gasteiger partial charge in [-0.1, -0.05) is 44.2 Å². The van der Waals surface area contributed by atoms with Gasteiger partial charge >= 0.3 is 6.36 Å². The second-order valence-corrected chi connectivity index (χ2v) is 10.3. The topological polar surface area (TPSA) is 67.9 Å². The second-order valence-electron chi connectivity index (χ2n) is 10.3. The van der Waals surface area contributed by atoms with Crippen molar-refractivity contribution in [2.75, 3.05) is 18.4 Å². The first kappa shape index (κ1) is 29.0. The van der Waals surface area contributed by atoms with Crippen molar-refractivity contribution in [3.05, 3.63) is 77.9 Å². The van der Waals surface area contributed by atoms with Crippen LogP contribution in [0.15, 0.2) is 66.7 Å². The summed E-state index contributed by atoms with van der Waals surface area (Å²) in [5.74, 6) is 0.436. The van der Waals surface area contributed by atoms with Crippen molar-refractivity contribution in [3.8, 4) is 22.6 Å². The summed E-state index contributed by atoms with van der Waals surface area (Å²) >= 11 is 0. The summed E-state index contributed by atoms with van der Waals surface area (Å²) < 4.78 is 47.8. The van der Waals surface area contributed by atoms with Crippen LogP contribution in [0.4, 0.5) is 18.9 Å². The average molecular weight is 555 g/mol. The van der Waals surface area contributed by atoms with Crippen LogP contribution in [0.2, 0.25) is 0 Å². The quantitative estimate of drug-likeness (QED) is 0.319. The molecular formula is C31H33F3N2O4.